The van der Waals surface area contributed by atoms with Crippen LogP contribution in [0.4, 0.5) is 0 Å². The van der Waals surface area contributed by atoms with Crippen molar-refractivity contribution < 1.29 is 14.3 Å². The zero-order chi connectivity index (χ0) is 13.9. The van der Waals surface area contributed by atoms with Gasteiger partial charge in [-0.1, -0.05) is 11.6 Å². The van der Waals surface area contributed by atoms with Crippen molar-refractivity contribution in [2.75, 3.05) is 27.3 Å². The number of carbonyl (C=O) groups is 1. The predicted octanol–water partition coefficient (Wildman–Crippen LogP) is 2.57. The SMILES string of the molecule is COC1(OC)CCN(C(=O)c2ccc(Cl)cc2)CC1. The lowest BCUT2D eigenvalue weighted by Crippen LogP contribution is -2.48. The molecule has 0 atom stereocenters. The number of nitrogens with zero attached hydrogens (tertiary/aromatic N) is 1. The Hall–Kier alpha value is -1.10. The summed E-state index contributed by atoms with van der Waals surface area (Å²) in [5.74, 6) is -0.519. The summed E-state index contributed by atoms with van der Waals surface area (Å²) in [5, 5.41) is 0.632. The van der Waals surface area contributed by atoms with E-state index in [0.717, 1.165) is 0 Å². The number of piperidine rings is 1. The van der Waals surface area contributed by atoms with E-state index in [0.29, 0.717) is 36.5 Å². The normalized spacial score (nSPS) is 18.4. The van der Waals surface area contributed by atoms with E-state index in [1.165, 1.54) is 0 Å². The van der Waals surface area contributed by atoms with Gasteiger partial charge < -0.3 is 14.4 Å². The molecule has 1 saturated heterocycles. The number of carbonyl (C=O) groups excluding carboxylic acids is 1. The summed E-state index contributed by atoms with van der Waals surface area (Å²) in [6.07, 6.45) is 1.36. The van der Waals surface area contributed by atoms with Gasteiger partial charge in [-0.3, -0.25) is 4.79 Å². The molecule has 0 unspecified atom stereocenters. The van der Waals surface area contributed by atoms with Gasteiger partial charge in [0.05, 0.1) is 0 Å². The first-order chi connectivity index (χ1) is 9.10. The Balaban J connectivity index is 2.01. The Morgan fingerprint density at radius 1 is 1.16 bits per heavy atom. The number of hydrogen-bond donors (Lipinski definition) is 0. The van der Waals surface area contributed by atoms with E-state index in [1.807, 2.05) is 4.90 Å². The standard InChI is InChI=1S/C14H18ClNO3/c1-18-14(19-2)7-9-16(10-8-14)13(17)11-3-5-12(15)6-4-11/h3-6H,7-10H2,1-2H3. The van der Waals surface area contributed by atoms with Crippen LogP contribution in [0.15, 0.2) is 24.3 Å². The molecule has 1 heterocycles. The van der Waals surface area contributed by atoms with Gasteiger partial charge in [0, 0.05) is 50.7 Å². The average molecular weight is 284 g/mol. The molecule has 1 aliphatic heterocycles. The molecule has 0 radical (unpaired) electrons. The van der Waals surface area contributed by atoms with E-state index in [1.54, 1.807) is 38.5 Å². The van der Waals surface area contributed by atoms with Gasteiger partial charge in [0.15, 0.2) is 5.79 Å². The molecular formula is C14H18ClNO3. The molecule has 0 N–H and O–H groups in total. The fourth-order valence-corrected chi connectivity index (χ4v) is 2.44. The number of amides is 1. The quantitative estimate of drug-likeness (QED) is 0.800. The molecule has 104 valence electrons. The van der Waals surface area contributed by atoms with Crippen LogP contribution in [0.1, 0.15) is 23.2 Å². The molecular weight excluding hydrogens is 266 g/mol. The van der Waals surface area contributed by atoms with Crippen LogP contribution in [-0.2, 0) is 9.47 Å². The maximum Gasteiger partial charge on any atom is 0.253 e. The molecule has 1 amide bonds. The van der Waals surface area contributed by atoms with Crippen LogP contribution in [0.25, 0.3) is 0 Å². The number of benzene rings is 1. The van der Waals surface area contributed by atoms with Gasteiger partial charge in [0.1, 0.15) is 0 Å². The Morgan fingerprint density at radius 3 is 2.16 bits per heavy atom. The Bertz CT molecular complexity index is 433. The van der Waals surface area contributed by atoms with E-state index in [2.05, 4.69) is 0 Å². The van der Waals surface area contributed by atoms with Gasteiger partial charge in [-0.15, -0.1) is 0 Å². The van der Waals surface area contributed by atoms with Crippen LogP contribution in [0.3, 0.4) is 0 Å². The second kappa shape index (κ2) is 5.90. The molecule has 0 bridgehead atoms. The molecule has 0 aliphatic carbocycles. The lowest BCUT2D eigenvalue weighted by atomic mass is 10.0. The van der Waals surface area contributed by atoms with Crippen LogP contribution in [-0.4, -0.2) is 43.9 Å². The molecule has 19 heavy (non-hydrogen) atoms. The largest absolute Gasteiger partial charge is 0.353 e. The highest BCUT2D eigenvalue weighted by molar-refractivity contribution is 6.30. The highest BCUT2D eigenvalue weighted by Gasteiger charge is 2.36. The smallest absolute Gasteiger partial charge is 0.253 e. The van der Waals surface area contributed by atoms with Crippen molar-refractivity contribution >= 4 is 17.5 Å². The van der Waals surface area contributed by atoms with Crippen LogP contribution < -0.4 is 0 Å². The summed E-state index contributed by atoms with van der Waals surface area (Å²) < 4.78 is 10.8. The van der Waals surface area contributed by atoms with Crippen molar-refractivity contribution in [2.45, 2.75) is 18.6 Å². The molecule has 0 saturated carbocycles. The maximum atomic E-state index is 12.3. The third kappa shape index (κ3) is 3.08. The molecule has 0 aromatic heterocycles. The van der Waals surface area contributed by atoms with E-state index < -0.39 is 5.79 Å². The zero-order valence-corrected chi connectivity index (χ0v) is 11.9. The highest BCUT2D eigenvalue weighted by Crippen LogP contribution is 2.27. The zero-order valence-electron chi connectivity index (χ0n) is 11.2. The minimum atomic E-state index is -0.545. The molecule has 0 spiro atoms. The molecule has 5 heteroatoms. The first-order valence-corrected chi connectivity index (χ1v) is 6.63. The molecule has 4 nitrogen and oxygen atoms in total. The summed E-state index contributed by atoms with van der Waals surface area (Å²) in [7, 11) is 3.28. The summed E-state index contributed by atoms with van der Waals surface area (Å²) in [6.45, 7) is 1.26. The molecule has 1 fully saturated rings. The van der Waals surface area contributed by atoms with Crippen LogP contribution in [0, 0.1) is 0 Å². The molecule has 1 aliphatic rings. The summed E-state index contributed by atoms with van der Waals surface area (Å²) in [5.41, 5.74) is 0.659. The number of likely N-dealkylation sites (tertiary alicyclic amines) is 1. The van der Waals surface area contributed by atoms with Crippen LogP contribution in [0.5, 0.6) is 0 Å². The van der Waals surface area contributed by atoms with Gasteiger partial charge in [-0.25, -0.2) is 0 Å². The number of hydrogen-bond acceptors (Lipinski definition) is 3. The maximum absolute atomic E-state index is 12.3. The van der Waals surface area contributed by atoms with Crippen LogP contribution in [0.2, 0.25) is 5.02 Å². The van der Waals surface area contributed by atoms with E-state index in [4.69, 9.17) is 21.1 Å². The van der Waals surface area contributed by atoms with Gasteiger partial charge in [0.25, 0.3) is 5.91 Å². The van der Waals surface area contributed by atoms with Crippen molar-refractivity contribution in [1.29, 1.82) is 0 Å². The molecule has 2 rings (SSSR count). The molecule has 1 aromatic rings. The summed E-state index contributed by atoms with van der Waals surface area (Å²) >= 11 is 5.82. The second-order valence-corrected chi connectivity index (χ2v) is 5.05. The predicted molar refractivity (Wildman–Crippen MR) is 73.3 cm³/mol. The third-order valence-electron chi connectivity index (χ3n) is 3.65. The van der Waals surface area contributed by atoms with Crippen LogP contribution >= 0.6 is 11.6 Å². The lowest BCUT2D eigenvalue weighted by Gasteiger charge is -2.39. The van der Waals surface area contributed by atoms with E-state index in [-0.39, 0.29) is 5.91 Å². The molecule has 1 aromatic carbocycles. The Labute approximate surface area is 118 Å². The van der Waals surface area contributed by atoms with Crippen molar-refractivity contribution in [2.24, 2.45) is 0 Å². The van der Waals surface area contributed by atoms with Gasteiger partial charge in [0.2, 0.25) is 0 Å². The number of rotatable bonds is 3. The third-order valence-corrected chi connectivity index (χ3v) is 3.90. The minimum Gasteiger partial charge on any atom is -0.353 e. The van der Waals surface area contributed by atoms with Crippen molar-refractivity contribution in [1.82, 2.24) is 4.90 Å². The van der Waals surface area contributed by atoms with Crippen molar-refractivity contribution in [3.63, 3.8) is 0 Å². The number of ether oxygens (including phenoxy) is 2. The number of halogens is 1. The Morgan fingerprint density at radius 2 is 1.68 bits per heavy atom. The monoisotopic (exact) mass is 283 g/mol. The minimum absolute atomic E-state index is 0.0254. The van der Waals surface area contributed by atoms with Gasteiger partial charge in [-0.2, -0.15) is 0 Å². The van der Waals surface area contributed by atoms with E-state index >= 15 is 0 Å². The fraction of sp³-hybridized carbons (Fsp3) is 0.500. The average Bonchev–Trinajstić information content (AvgIpc) is 2.47. The van der Waals surface area contributed by atoms with Crippen molar-refractivity contribution in [3.8, 4) is 0 Å². The second-order valence-electron chi connectivity index (χ2n) is 4.62. The summed E-state index contributed by atoms with van der Waals surface area (Å²) in [6, 6.07) is 6.96. The van der Waals surface area contributed by atoms with Gasteiger partial charge >= 0.3 is 0 Å². The summed E-state index contributed by atoms with van der Waals surface area (Å²) in [4.78, 5) is 14.1. The first-order valence-electron chi connectivity index (χ1n) is 6.25. The van der Waals surface area contributed by atoms with Gasteiger partial charge in [-0.05, 0) is 24.3 Å². The highest BCUT2D eigenvalue weighted by atomic mass is 35.5. The van der Waals surface area contributed by atoms with E-state index in [9.17, 15) is 4.79 Å². The lowest BCUT2D eigenvalue weighted by molar-refractivity contribution is -0.226. The number of methoxy groups -OCH3 is 2. The Kier molecular flexibility index (Phi) is 4.45. The van der Waals surface area contributed by atoms with Crippen molar-refractivity contribution in [3.05, 3.63) is 34.9 Å². The first kappa shape index (κ1) is 14.3. The topological polar surface area (TPSA) is 38.8 Å². The fourth-order valence-electron chi connectivity index (χ4n) is 2.32.